The number of nitrogens with zero attached hydrogens (tertiary/aromatic N) is 2. The molecule has 0 spiro atoms. The molecule has 166 valence electrons. The average Bonchev–Trinajstić information content (AvgIpc) is 3.18. The summed E-state index contributed by atoms with van der Waals surface area (Å²) < 4.78 is 0. The molecule has 4 rings (SSSR count). The highest BCUT2D eigenvalue weighted by atomic mass is 35.5. The van der Waals surface area contributed by atoms with Crippen LogP contribution < -0.4 is 10.7 Å². The number of aryl methyl sites for hydroxylation is 1. The van der Waals surface area contributed by atoms with Crippen LogP contribution >= 0.6 is 34.5 Å². The first-order valence-corrected chi connectivity index (χ1v) is 11.7. The Morgan fingerprint density at radius 1 is 1.06 bits per heavy atom. The van der Waals surface area contributed by atoms with Crippen molar-refractivity contribution in [2.24, 2.45) is 5.10 Å². The summed E-state index contributed by atoms with van der Waals surface area (Å²) in [5, 5.41) is 9.51. The van der Waals surface area contributed by atoms with Gasteiger partial charge in [0.25, 0.3) is 0 Å². The molecule has 1 heterocycles. The third kappa shape index (κ3) is 6.20. The molecule has 1 amide bonds. The molecule has 0 saturated heterocycles. The molecule has 0 unspecified atom stereocenters. The van der Waals surface area contributed by atoms with Gasteiger partial charge in [0, 0.05) is 16.1 Å². The van der Waals surface area contributed by atoms with E-state index < -0.39 is 0 Å². The molecule has 0 aliphatic carbocycles. The lowest BCUT2D eigenvalue weighted by molar-refractivity contribution is -0.115. The van der Waals surface area contributed by atoms with Crippen LogP contribution in [0.1, 0.15) is 16.7 Å². The first kappa shape index (κ1) is 23.0. The van der Waals surface area contributed by atoms with Crippen LogP contribution in [0.25, 0.3) is 11.3 Å². The smallest absolute Gasteiger partial charge is 0.229 e. The molecule has 0 bridgehead atoms. The van der Waals surface area contributed by atoms with Crippen molar-refractivity contribution in [3.05, 3.63) is 99.5 Å². The number of benzene rings is 3. The van der Waals surface area contributed by atoms with Crippen molar-refractivity contribution in [2.45, 2.75) is 13.3 Å². The minimum Gasteiger partial charge on any atom is -0.316 e. The van der Waals surface area contributed by atoms with Crippen LogP contribution in [0.5, 0.6) is 0 Å². The standard InChI is InChI=1S/C25H20Cl2N4OS/c1-16-7-9-18(10-8-16)23-24(29-22(32)13-17-5-3-2-4-6-17)33-25(30-23)31-28-15-19-11-12-20(26)14-21(19)27/h2-12,14-15H,13H2,1H3,(H,29,32)(H,30,31)/b28-15-. The molecule has 33 heavy (non-hydrogen) atoms. The molecule has 0 saturated carbocycles. The van der Waals surface area contributed by atoms with Crippen molar-refractivity contribution in [1.82, 2.24) is 4.98 Å². The molecule has 0 radical (unpaired) electrons. The Kier molecular flexibility index (Phi) is 7.40. The van der Waals surface area contributed by atoms with Crippen molar-refractivity contribution in [3.8, 4) is 11.3 Å². The van der Waals surface area contributed by atoms with Crippen molar-refractivity contribution in [1.29, 1.82) is 0 Å². The number of hydrogen-bond donors (Lipinski definition) is 2. The van der Waals surface area contributed by atoms with E-state index in [-0.39, 0.29) is 12.3 Å². The van der Waals surface area contributed by atoms with Crippen molar-refractivity contribution in [2.75, 3.05) is 10.7 Å². The van der Waals surface area contributed by atoms with Gasteiger partial charge >= 0.3 is 0 Å². The Balaban J connectivity index is 1.55. The third-order valence-electron chi connectivity index (χ3n) is 4.74. The maximum atomic E-state index is 12.7. The minimum absolute atomic E-state index is 0.110. The molecule has 4 aromatic rings. The monoisotopic (exact) mass is 494 g/mol. The summed E-state index contributed by atoms with van der Waals surface area (Å²) in [7, 11) is 0. The summed E-state index contributed by atoms with van der Waals surface area (Å²) in [5.74, 6) is -0.110. The van der Waals surface area contributed by atoms with Gasteiger partial charge in [-0.05, 0) is 24.6 Å². The first-order chi connectivity index (χ1) is 16.0. The number of aromatic nitrogens is 1. The van der Waals surface area contributed by atoms with E-state index in [9.17, 15) is 4.79 Å². The zero-order valence-electron chi connectivity index (χ0n) is 17.7. The van der Waals surface area contributed by atoms with Crippen molar-refractivity contribution >= 4 is 56.8 Å². The number of amides is 1. The highest BCUT2D eigenvalue weighted by Gasteiger charge is 2.16. The van der Waals surface area contributed by atoms with Crippen LogP contribution in [0.3, 0.4) is 0 Å². The predicted molar refractivity (Wildman–Crippen MR) is 139 cm³/mol. The highest BCUT2D eigenvalue weighted by molar-refractivity contribution is 7.20. The second-order valence-corrected chi connectivity index (χ2v) is 9.15. The summed E-state index contributed by atoms with van der Waals surface area (Å²) in [5.41, 5.74) is 7.34. The van der Waals surface area contributed by atoms with Crippen LogP contribution in [-0.2, 0) is 11.2 Å². The molecular formula is C25H20Cl2N4OS. The fourth-order valence-corrected chi connectivity index (χ4v) is 4.39. The lowest BCUT2D eigenvalue weighted by Gasteiger charge is -2.06. The normalized spacial score (nSPS) is 11.0. The Morgan fingerprint density at radius 2 is 1.82 bits per heavy atom. The molecule has 0 atom stereocenters. The number of hydrogen-bond acceptors (Lipinski definition) is 5. The zero-order chi connectivity index (χ0) is 23.2. The fourth-order valence-electron chi connectivity index (χ4n) is 3.08. The van der Waals surface area contributed by atoms with Gasteiger partial charge in [-0.1, -0.05) is 101 Å². The Bertz CT molecular complexity index is 1290. The van der Waals surface area contributed by atoms with Gasteiger partial charge in [-0.15, -0.1) is 0 Å². The number of hydrazone groups is 1. The molecule has 8 heteroatoms. The summed E-state index contributed by atoms with van der Waals surface area (Å²) in [6.45, 7) is 2.02. The highest BCUT2D eigenvalue weighted by Crippen LogP contribution is 2.36. The van der Waals surface area contributed by atoms with Crippen LogP contribution in [0.15, 0.2) is 77.9 Å². The number of thiazole rings is 1. The fraction of sp³-hybridized carbons (Fsp3) is 0.0800. The topological polar surface area (TPSA) is 66.4 Å². The van der Waals surface area contributed by atoms with Gasteiger partial charge < -0.3 is 5.32 Å². The molecule has 0 fully saturated rings. The quantitative estimate of drug-likeness (QED) is 0.213. The summed E-state index contributed by atoms with van der Waals surface area (Å²) in [6, 6.07) is 22.8. The number of anilines is 2. The number of nitrogens with one attached hydrogen (secondary N) is 2. The zero-order valence-corrected chi connectivity index (χ0v) is 20.0. The summed E-state index contributed by atoms with van der Waals surface area (Å²) in [6.07, 6.45) is 1.88. The lowest BCUT2D eigenvalue weighted by Crippen LogP contribution is -2.14. The largest absolute Gasteiger partial charge is 0.316 e. The summed E-state index contributed by atoms with van der Waals surface area (Å²) >= 11 is 13.5. The summed E-state index contributed by atoms with van der Waals surface area (Å²) in [4.78, 5) is 17.3. The van der Waals surface area contributed by atoms with Crippen LogP contribution in [0.2, 0.25) is 10.0 Å². The number of rotatable bonds is 7. The molecule has 3 aromatic carbocycles. The van der Waals surface area contributed by atoms with Gasteiger partial charge in [0.05, 0.1) is 17.7 Å². The molecule has 0 aliphatic rings. The maximum Gasteiger partial charge on any atom is 0.229 e. The van der Waals surface area contributed by atoms with E-state index >= 15 is 0 Å². The molecule has 5 nitrogen and oxygen atoms in total. The second kappa shape index (κ2) is 10.6. The van der Waals surface area contributed by atoms with Crippen LogP contribution in [0.4, 0.5) is 10.1 Å². The SMILES string of the molecule is Cc1ccc(-c2nc(N/N=C\c3ccc(Cl)cc3Cl)sc2NC(=O)Cc2ccccc2)cc1. The molecule has 0 aliphatic heterocycles. The Morgan fingerprint density at radius 3 is 2.55 bits per heavy atom. The van der Waals surface area contributed by atoms with E-state index in [0.29, 0.717) is 25.9 Å². The maximum absolute atomic E-state index is 12.7. The molecular weight excluding hydrogens is 475 g/mol. The van der Waals surface area contributed by atoms with Gasteiger partial charge in [0.15, 0.2) is 0 Å². The first-order valence-electron chi connectivity index (χ1n) is 10.1. The predicted octanol–water partition coefficient (Wildman–Crippen LogP) is 7.05. The molecule has 1 aromatic heterocycles. The van der Waals surface area contributed by atoms with Crippen LogP contribution in [-0.4, -0.2) is 17.1 Å². The van der Waals surface area contributed by atoms with Gasteiger partial charge in [-0.3, -0.25) is 10.2 Å². The second-order valence-electron chi connectivity index (χ2n) is 7.31. The number of carbonyl (C=O) groups excluding carboxylic acids is 1. The van der Waals surface area contributed by atoms with E-state index in [4.69, 9.17) is 23.2 Å². The Hall–Kier alpha value is -3.19. The van der Waals surface area contributed by atoms with Crippen molar-refractivity contribution < 1.29 is 4.79 Å². The van der Waals surface area contributed by atoms with Crippen LogP contribution in [0, 0.1) is 6.92 Å². The average molecular weight is 495 g/mol. The van der Waals surface area contributed by atoms with E-state index in [1.54, 1.807) is 24.4 Å². The number of halogens is 2. The van der Waals surface area contributed by atoms with E-state index in [0.717, 1.165) is 22.3 Å². The van der Waals surface area contributed by atoms with Gasteiger partial charge in [0.1, 0.15) is 10.7 Å². The third-order valence-corrected chi connectivity index (χ3v) is 6.18. The lowest BCUT2D eigenvalue weighted by atomic mass is 10.1. The van der Waals surface area contributed by atoms with Gasteiger partial charge in [-0.25, -0.2) is 4.98 Å². The Labute approximate surface area is 206 Å². The van der Waals surface area contributed by atoms with Gasteiger partial charge in [0.2, 0.25) is 11.0 Å². The minimum atomic E-state index is -0.110. The van der Waals surface area contributed by atoms with Crippen molar-refractivity contribution in [3.63, 3.8) is 0 Å². The number of carbonyl (C=O) groups is 1. The van der Waals surface area contributed by atoms with E-state index in [2.05, 4.69) is 20.8 Å². The van der Waals surface area contributed by atoms with E-state index in [1.165, 1.54) is 11.3 Å². The molecule has 2 N–H and O–H groups in total. The van der Waals surface area contributed by atoms with E-state index in [1.807, 2.05) is 61.5 Å². The van der Waals surface area contributed by atoms with Gasteiger partial charge in [-0.2, -0.15) is 5.10 Å².